The van der Waals surface area contributed by atoms with E-state index in [1.165, 1.54) is 32.3 Å². The summed E-state index contributed by atoms with van der Waals surface area (Å²) in [4.78, 5) is 38.7. The topological polar surface area (TPSA) is 93.7 Å². The van der Waals surface area contributed by atoms with Crippen molar-refractivity contribution in [2.24, 2.45) is 56.7 Å². The highest BCUT2D eigenvalue weighted by molar-refractivity contribution is 5.84. The predicted octanol–water partition coefficient (Wildman–Crippen LogP) is 8.41. The average molecular weight is 683 g/mol. The van der Waals surface area contributed by atoms with Crippen LogP contribution in [0.2, 0.25) is 0 Å². The first kappa shape index (κ1) is 38.3. The predicted molar refractivity (Wildman–Crippen MR) is 196 cm³/mol. The van der Waals surface area contributed by atoms with Gasteiger partial charge in [0.25, 0.3) is 0 Å². The number of allylic oxidation sites excluding steroid dienone is 1. The quantitative estimate of drug-likeness (QED) is 0.115. The van der Waals surface area contributed by atoms with E-state index in [2.05, 4.69) is 58.8 Å². The molecule has 7 nitrogen and oxygen atoms in total. The van der Waals surface area contributed by atoms with Crippen LogP contribution in [-0.2, 0) is 23.9 Å². The van der Waals surface area contributed by atoms with E-state index in [1.54, 1.807) is 0 Å². The van der Waals surface area contributed by atoms with Crippen LogP contribution in [0.25, 0.3) is 0 Å². The lowest BCUT2D eigenvalue weighted by Gasteiger charge is -2.73. The maximum Gasteiger partial charge on any atom is 0.302 e. The van der Waals surface area contributed by atoms with Crippen molar-refractivity contribution in [2.75, 3.05) is 26.2 Å². The largest absolute Gasteiger partial charge is 0.465 e. The Labute approximate surface area is 298 Å². The van der Waals surface area contributed by atoms with Gasteiger partial charge in [-0.1, -0.05) is 59.6 Å². The summed E-state index contributed by atoms with van der Waals surface area (Å²) in [5.41, 5.74) is 0.864. The Bertz CT molecular complexity index is 1250. The van der Waals surface area contributed by atoms with Crippen LogP contribution >= 0.6 is 0 Å². The third-order valence-electron chi connectivity index (χ3n) is 16.0. The molecule has 5 aliphatic carbocycles. The fourth-order valence-corrected chi connectivity index (χ4v) is 13.5. The summed E-state index contributed by atoms with van der Waals surface area (Å²) < 4.78 is 11.8. The lowest BCUT2D eigenvalue weighted by atomic mass is 9.32. The molecule has 7 heteroatoms. The molecule has 0 heterocycles. The molecule has 0 spiro atoms. The summed E-state index contributed by atoms with van der Waals surface area (Å²) in [5, 5.41) is 6.89. The molecule has 0 aromatic carbocycles. The molecule has 49 heavy (non-hydrogen) atoms. The van der Waals surface area contributed by atoms with Crippen LogP contribution in [0, 0.1) is 56.7 Å². The Morgan fingerprint density at radius 1 is 0.755 bits per heavy atom. The highest BCUT2D eigenvalue weighted by Gasteiger charge is 2.72. The molecular weight excluding hydrogens is 612 g/mol. The van der Waals surface area contributed by atoms with E-state index >= 15 is 0 Å². The highest BCUT2D eigenvalue weighted by atomic mass is 16.6. The number of rotatable bonds is 13. The van der Waals surface area contributed by atoms with Gasteiger partial charge in [0, 0.05) is 25.8 Å². The molecular formula is C42H70N2O5. The zero-order valence-corrected chi connectivity index (χ0v) is 32.4. The molecule has 1 amide bonds. The van der Waals surface area contributed by atoms with Gasteiger partial charge in [0.2, 0.25) is 5.91 Å². The lowest BCUT2D eigenvalue weighted by Crippen LogP contribution is -2.68. The van der Waals surface area contributed by atoms with Gasteiger partial charge in [-0.2, -0.15) is 0 Å². The number of hydrogen-bond acceptors (Lipinski definition) is 6. The maximum absolute atomic E-state index is 14.4. The first-order valence-corrected chi connectivity index (χ1v) is 20.1. The number of amides is 1. The molecule has 11 atom stereocenters. The molecule has 278 valence electrons. The molecule has 0 bridgehead atoms. The van der Waals surface area contributed by atoms with Crippen molar-refractivity contribution in [1.29, 1.82) is 0 Å². The van der Waals surface area contributed by atoms with Gasteiger partial charge in [-0.15, -0.1) is 0 Å². The van der Waals surface area contributed by atoms with Crippen molar-refractivity contribution in [3.8, 4) is 0 Å². The third-order valence-corrected chi connectivity index (χ3v) is 16.0. The Morgan fingerprint density at radius 2 is 1.47 bits per heavy atom. The number of esters is 2. The van der Waals surface area contributed by atoms with Crippen molar-refractivity contribution >= 4 is 17.8 Å². The van der Waals surface area contributed by atoms with E-state index in [1.807, 2.05) is 0 Å². The molecule has 5 saturated carbocycles. The van der Waals surface area contributed by atoms with Crippen LogP contribution in [0.5, 0.6) is 0 Å². The highest BCUT2D eigenvalue weighted by Crippen LogP contribution is 2.77. The van der Waals surface area contributed by atoms with Crippen LogP contribution < -0.4 is 10.6 Å². The number of unbranched alkanes of at least 4 members (excludes halogenated alkanes) is 3. The Hall–Kier alpha value is -1.89. The number of hydrogen-bond donors (Lipinski definition) is 2. The van der Waals surface area contributed by atoms with Gasteiger partial charge in [-0.25, -0.2) is 0 Å². The zero-order chi connectivity index (χ0) is 35.8. The smallest absolute Gasteiger partial charge is 0.302 e. The minimum Gasteiger partial charge on any atom is -0.465 e. The number of carbonyl (C=O) groups excluding carboxylic acids is 3. The van der Waals surface area contributed by atoms with Crippen molar-refractivity contribution in [1.82, 2.24) is 10.6 Å². The van der Waals surface area contributed by atoms with Gasteiger partial charge in [0.15, 0.2) is 0 Å². The molecule has 5 rings (SSSR count). The van der Waals surface area contributed by atoms with Gasteiger partial charge in [0.05, 0.1) is 5.41 Å². The second-order valence-corrected chi connectivity index (χ2v) is 18.3. The summed E-state index contributed by atoms with van der Waals surface area (Å²) in [7, 11) is 0. The molecule has 0 radical (unpaired) electrons. The second kappa shape index (κ2) is 14.6. The number of nitrogens with one attached hydrogen (secondary N) is 2. The SMILES string of the molecule is C=C(C)[C@@H]1CC[C@]2(C(=O)NCCCCCCNCC)CC[C@]3(C)[C@H](CC[C@@H]4[C@@]5(C)CC[C@H](OC(C)=O)[C@@](C)(COC(C)=O)[C@@H]5CC[C@]43C)[C@@H]12. The van der Waals surface area contributed by atoms with E-state index in [0.717, 1.165) is 96.7 Å². The normalized spacial score (nSPS) is 42.5. The number of ether oxygens (including phenoxy) is 2. The standard InChI is InChI=1S/C42H70N2O5/c1-10-43-25-13-11-12-14-26-44-37(47)42-22-17-31(28(2)3)36(42)32-15-16-34-38(6)20-19-35(49-30(5)46)39(7,27-48-29(4)45)33(38)18-21-41(34,9)40(32,8)23-24-42/h31-36,43H,2,10-27H2,1,3-9H3,(H,44,47)/t31-,32+,33+,34+,35-,36+,38-,39-,40+,41+,42-/m0/s1. The van der Waals surface area contributed by atoms with Gasteiger partial charge >= 0.3 is 11.9 Å². The van der Waals surface area contributed by atoms with Crippen molar-refractivity contribution in [2.45, 2.75) is 151 Å². The summed E-state index contributed by atoms with van der Waals surface area (Å²) >= 11 is 0. The molecule has 0 aromatic rings. The van der Waals surface area contributed by atoms with Gasteiger partial charge in [-0.05, 0) is 143 Å². The van der Waals surface area contributed by atoms with Gasteiger partial charge in [0.1, 0.15) is 12.7 Å². The second-order valence-electron chi connectivity index (χ2n) is 18.3. The monoisotopic (exact) mass is 683 g/mol. The van der Waals surface area contributed by atoms with Gasteiger partial charge in [-0.3, -0.25) is 14.4 Å². The number of carbonyl (C=O) groups is 3. The van der Waals surface area contributed by atoms with Gasteiger partial charge < -0.3 is 20.1 Å². The molecule has 0 aromatic heterocycles. The Balaban J connectivity index is 1.39. The van der Waals surface area contributed by atoms with Crippen LogP contribution in [0.4, 0.5) is 0 Å². The average Bonchev–Trinajstić information content (AvgIpc) is 3.44. The minimum atomic E-state index is -0.424. The zero-order valence-electron chi connectivity index (χ0n) is 32.4. The van der Waals surface area contributed by atoms with E-state index in [4.69, 9.17) is 9.47 Å². The third kappa shape index (κ3) is 6.54. The summed E-state index contributed by atoms with van der Waals surface area (Å²) in [6.07, 6.45) is 14.8. The first-order valence-electron chi connectivity index (χ1n) is 20.1. The molecule has 2 N–H and O–H groups in total. The fourth-order valence-electron chi connectivity index (χ4n) is 13.5. The van der Waals surface area contributed by atoms with E-state index in [9.17, 15) is 14.4 Å². The van der Waals surface area contributed by atoms with Crippen LogP contribution in [0.15, 0.2) is 12.2 Å². The van der Waals surface area contributed by atoms with Crippen LogP contribution in [0.3, 0.4) is 0 Å². The minimum absolute atomic E-state index is 0.0501. The van der Waals surface area contributed by atoms with E-state index < -0.39 is 5.41 Å². The molecule has 5 fully saturated rings. The van der Waals surface area contributed by atoms with Crippen LogP contribution in [-0.4, -0.2) is 50.2 Å². The molecule has 0 unspecified atom stereocenters. The van der Waals surface area contributed by atoms with E-state index in [-0.39, 0.29) is 39.7 Å². The van der Waals surface area contributed by atoms with Crippen molar-refractivity contribution in [3.63, 3.8) is 0 Å². The summed E-state index contributed by atoms with van der Waals surface area (Å²) in [6.45, 7) is 25.0. The fraction of sp³-hybridized carbons (Fsp3) is 0.881. The van der Waals surface area contributed by atoms with Crippen LogP contribution in [0.1, 0.15) is 145 Å². The maximum atomic E-state index is 14.4. The first-order chi connectivity index (χ1) is 23.1. The Morgan fingerprint density at radius 3 is 2.12 bits per heavy atom. The number of fused-ring (bicyclic) bond motifs is 7. The summed E-state index contributed by atoms with van der Waals surface area (Å²) in [5.74, 6) is 1.85. The summed E-state index contributed by atoms with van der Waals surface area (Å²) in [6, 6.07) is 0. The lowest BCUT2D eigenvalue weighted by molar-refractivity contribution is -0.256. The molecule has 5 aliphatic rings. The Kier molecular flexibility index (Phi) is 11.4. The van der Waals surface area contributed by atoms with Crippen molar-refractivity contribution in [3.05, 3.63) is 12.2 Å². The van der Waals surface area contributed by atoms with Crippen molar-refractivity contribution < 1.29 is 23.9 Å². The molecule has 0 saturated heterocycles. The van der Waals surface area contributed by atoms with E-state index in [0.29, 0.717) is 42.1 Å². The molecule has 0 aliphatic heterocycles.